The summed E-state index contributed by atoms with van der Waals surface area (Å²) in [5, 5.41) is 4.77. The van der Waals surface area contributed by atoms with Crippen molar-refractivity contribution in [3.63, 3.8) is 0 Å². The summed E-state index contributed by atoms with van der Waals surface area (Å²) in [6.45, 7) is 7.23. The van der Waals surface area contributed by atoms with E-state index in [1.165, 1.54) is 23.1 Å². The van der Waals surface area contributed by atoms with Gasteiger partial charge in [0.1, 0.15) is 5.82 Å². The van der Waals surface area contributed by atoms with Crippen LogP contribution in [0.4, 0.5) is 10.1 Å². The van der Waals surface area contributed by atoms with E-state index in [1.54, 1.807) is 6.07 Å². The van der Waals surface area contributed by atoms with E-state index in [0.29, 0.717) is 6.54 Å². The molecule has 0 spiro atoms. The summed E-state index contributed by atoms with van der Waals surface area (Å²) in [4.78, 5) is 24.5. The summed E-state index contributed by atoms with van der Waals surface area (Å²) in [5.74, 6) is -2.18. The molecule has 0 fully saturated rings. The minimum Gasteiger partial charge on any atom is -0.342 e. The lowest BCUT2D eigenvalue weighted by Crippen LogP contribution is -3.12. The first kappa shape index (κ1) is 16.1. The van der Waals surface area contributed by atoms with Crippen LogP contribution < -0.4 is 15.5 Å². The first-order valence-electron chi connectivity index (χ1n) is 6.75. The maximum absolute atomic E-state index is 13.3. The molecule has 0 heterocycles. The van der Waals surface area contributed by atoms with Crippen LogP contribution in [-0.2, 0) is 9.59 Å². The normalized spacial score (nSPS) is 10.4. The number of carbonyl (C=O) groups excluding carboxylic acids is 2. The van der Waals surface area contributed by atoms with Crippen LogP contribution in [-0.4, -0.2) is 38.0 Å². The quantitative estimate of drug-likeness (QED) is 0.633. The second kappa shape index (κ2) is 8.27. The molecule has 0 unspecified atom stereocenters. The zero-order chi connectivity index (χ0) is 15.0. The highest BCUT2D eigenvalue weighted by molar-refractivity contribution is 6.39. The van der Waals surface area contributed by atoms with Gasteiger partial charge < -0.3 is 15.5 Å². The van der Waals surface area contributed by atoms with E-state index in [9.17, 15) is 14.0 Å². The lowest BCUT2D eigenvalue weighted by atomic mass is 10.3. The number of quaternary nitrogens is 1. The Morgan fingerprint density at radius 3 is 2.40 bits per heavy atom. The number of hydrogen-bond donors (Lipinski definition) is 3. The molecule has 0 saturated carbocycles. The number of anilines is 1. The number of benzene rings is 1. The minimum absolute atomic E-state index is 0.00187. The number of hydrogen-bond acceptors (Lipinski definition) is 2. The molecule has 0 bridgehead atoms. The Morgan fingerprint density at radius 2 is 1.80 bits per heavy atom. The fourth-order valence-electron chi connectivity index (χ4n) is 1.78. The second-order valence-electron chi connectivity index (χ2n) is 4.40. The van der Waals surface area contributed by atoms with Gasteiger partial charge in [0.25, 0.3) is 0 Å². The molecule has 3 N–H and O–H groups in total. The van der Waals surface area contributed by atoms with Crippen LogP contribution in [0, 0.1) is 5.82 Å². The number of likely N-dealkylation sites (N-methyl/N-ethyl adjacent to an activating group) is 1. The molecule has 1 aromatic rings. The molecule has 0 radical (unpaired) electrons. The Hall–Kier alpha value is -1.95. The van der Waals surface area contributed by atoms with Crippen molar-refractivity contribution in [3.8, 4) is 0 Å². The van der Waals surface area contributed by atoms with E-state index in [4.69, 9.17) is 0 Å². The Labute approximate surface area is 118 Å². The van der Waals surface area contributed by atoms with E-state index in [-0.39, 0.29) is 5.69 Å². The Bertz CT molecular complexity index is 461. The highest BCUT2D eigenvalue weighted by Crippen LogP contribution is 2.11. The molecule has 0 aliphatic carbocycles. The maximum atomic E-state index is 13.3. The Kier molecular flexibility index (Phi) is 6.66. The van der Waals surface area contributed by atoms with Gasteiger partial charge in [-0.3, -0.25) is 9.59 Å². The average Bonchev–Trinajstić information content (AvgIpc) is 2.45. The number of nitrogens with one attached hydrogen (secondary N) is 3. The third-order valence-electron chi connectivity index (χ3n) is 3.09. The van der Waals surface area contributed by atoms with Crippen molar-refractivity contribution < 1.29 is 18.9 Å². The molecule has 6 heteroatoms. The highest BCUT2D eigenvalue weighted by Gasteiger charge is 2.15. The summed E-state index contributed by atoms with van der Waals surface area (Å²) in [5.41, 5.74) is 0.00187. The molecule has 0 aliphatic heterocycles. The zero-order valence-electron chi connectivity index (χ0n) is 11.8. The van der Waals surface area contributed by atoms with Crippen LogP contribution in [0.2, 0.25) is 0 Å². The minimum atomic E-state index is -0.857. The first-order valence-corrected chi connectivity index (χ1v) is 6.75. The molecule has 0 aliphatic rings. The van der Waals surface area contributed by atoms with Gasteiger partial charge in [-0.05, 0) is 26.0 Å². The molecule has 1 rings (SSSR count). The van der Waals surface area contributed by atoms with E-state index in [1.807, 2.05) is 0 Å². The highest BCUT2D eigenvalue weighted by atomic mass is 19.1. The van der Waals surface area contributed by atoms with Gasteiger partial charge in [0, 0.05) is 0 Å². The van der Waals surface area contributed by atoms with E-state index < -0.39 is 17.6 Å². The molecular weight excluding hydrogens is 261 g/mol. The molecule has 110 valence electrons. The third-order valence-corrected chi connectivity index (χ3v) is 3.09. The van der Waals surface area contributed by atoms with Gasteiger partial charge in [-0.2, -0.15) is 0 Å². The number of halogens is 1. The van der Waals surface area contributed by atoms with Gasteiger partial charge >= 0.3 is 11.8 Å². The van der Waals surface area contributed by atoms with Crippen LogP contribution in [0.5, 0.6) is 0 Å². The predicted molar refractivity (Wildman–Crippen MR) is 75.0 cm³/mol. The SMILES string of the molecule is CC[NH+](CC)CCNC(=O)C(=O)Nc1ccccc1F. The standard InChI is InChI=1S/C14H20FN3O2/c1-3-18(4-2)10-9-16-13(19)14(20)17-12-8-6-5-7-11(12)15/h5-8H,3-4,9-10H2,1-2H3,(H,16,19)(H,17,20)/p+1. The Balaban J connectivity index is 2.40. The van der Waals surface area contributed by atoms with Crippen molar-refractivity contribution in [2.24, 2.45) is 0 Å². The molecular formula is C14H21FN3O2+. The van der Waals surface area contributed by atoms with Crippen molar-refractivity contribution in [1.82, 2.24) is 5.32 Å². The van der Waals surface area contributed by atoms with Gasteiger partial charge in [0.05, 0.1) is 31.9 Å². The topological polar surface area (TPSA) is 62.6 Å². The van der Waals surface area contributed by atoms with E-state index in [2.05, 4.69) is 24.5 Å². The van der Waals surface area contributed by atoms with E-state index in [0.717, 1.165) is 19.6 Å². The molecule has 0 atom stereocenters. The molecule has 5 nitrogen and oxygen atoms in total. The third kappa shape index (κ3) is 4.97. The van der Waals surface area contributed by atoms with Gasteiger partial charge in [-0.25, -0.2) is 4.39 Å². The van der Waals surface area contributed by atoms with Crippen LogP contribution >= 0.6 is 0 Å². The van der Waals surface area contributed by atoms with Crippen molar-refractivity contribution in [2.45, 2.75) is 13.8 Å². The number of rotatable bonds is 6. The largest absolute Gasteiger partial charge is 0.342 e. The summed E-state index contributed by atoms with van der Waals surface area (Å²) in [7, 11) is 0. The second-order valence-corrected chi connectivity index (χ2v) is 4.40. The summed E-state index contributed by atoms with van der Waals surface area (Å²) in [6.07, 6.45) is 0. The lowest BCUT2D eigenvalue weighted by molar-refractivity contribution is -0.895. The fraction of sp³-hybridized carbons (Fsp3) is 0.429. The zero-order valence-corrected chi connectivity index (χ0v) is 11.8. The van der Waals surface area contributed by atoms with Crippen LogP contribution in [0.25, 0.3) is 0 Å². The van der Waals surface area contributed by atoms with Gasteiger partial charge in [-0.1, -0.05) is 12.1 Å². The van der Waals surface area contributed by atoms with Crippen molar-refractivity contribution >= 4 is 17.5 Å². The monoisotopic (exact) mass is 282 g/mol. The van der Waals surface area contributed by atoms with Crippen molar-refractivity contribution in [2.75, 3.05) is 31.5 Å². The van der Waals surface area contributed by atoms with Gasteiger partial charge in [0.2, 0.25) is 0 Å². The Morgan fingerprint density at radius 1 is 1.15 bits per heavy atom. The average molecular weight is 282 g/mol. The molecule has 20 heavy (non-hydrogen) atoms. The number of carbonyl (C=O) groups is 2. The number of amides is 2. The predicted octanol–water partition coefficient (Wildman–Crippen LogP) is -0.195. The molecule has 0 saturated heterocycles. The fourth-order valence-corrected chi connectivity index (χ4v) is 1.78. The number of para-hydroxylation sites is 1. The molecule has 0 aromatic heterocycles. The van der Waals surface area contributed by atoms with Crippen LogP contribution in [0.3, 0.4) is 0 Å². The molecule has 1 aromatic carbocycles. The first-order chi connectivity index (χ1) is 9.58. The van der Waals surface area contributed by atoms with Gasteiger partial charge in [-0.15, -0.1) is 0 Å². The maximum Gasteiger partial charge on any atom is 0.313 e. The van der Waals surface area contributed by atoms with Crippen LogP contribution in [0.1, 0.15) is 13.8 Å². The lowest BCUT2D eigenvalue weighted by Gasteiger charge is -2.15. The summed E-state index contributed by atoms with van der Waals surface area (Å²) < 4.78 is 13.3. The van der Waals surface area contributed by atoms with Crippen molar-refractivity contribution in [1.29, 1.82) is 0 Å². The summed E-state index contributed by atoms with van der Waals surface area (Å²) in [6, 6.07) is 5.72. The molecule has 2 amide bonds. The summed E-state index contributed by atoms with van der Waals surface area (Å²) >= 11 is 0. The smallest absolute Gasteiger partial charge is 0.313 e. The van der Waals surface area contributed by atoms with Crippen LogP contribution in [0.15, 0.2) is 24.3 Å². The van der Waals surface area contributed by atoms with Gasteiger partial charge in [0.15, 0.2) is 0 Å². The van der Waals surface area contributed by atoms with Crippen molar-refractivity contribution in [3.05, 3.63) is 30.1 Å². The van der Waals surface area contributed by atoms with E-state index >= 15 is 0 Å².